The van der Waals surface area contributed by atoms with Crippen LogP contribution < -0.4 is 25.0 Å². The highest BCUT2D eigenvalue weighted by Crippen LogP contribution is 2.34. The van der Waals surface area contributed by atoms with E-state index in [-0.39, 0.29) is 12.8 Å². The number of ether oxygens (including phenoxy) is 2. The molecule has 3 heterocycles. The summed E-state index contributed by atoms with van der Waals surface area (Å²) in [4.78, 5) is 14.6. The van der Waals surface area contributed by atoms with Gasteiger partial charge in [0.2, 0.25) is 6.79 Å². The van der Waals surface area contributed by atoms with Crippen molar-refractivity contribution in [2.45, 2.75) is 12.8 Å². The summed E-state index contributed by atoms with van der Waals surface area (Å²) in [5, 5.41) is 14.4. The number of urea groups is 1. The standard InChI is InChI=1S/C22H21N5O3/c28-22(24-17-6-8-19-20(13-17)30-14-29-19)23-16-5-3-4-15(12-16)18-7-9-21(26-25-18)27-10-1-2-11-27/h3-9,12-13H,1-2,10-11,14H2,(H2,23,24,28). The number of rotatable bonds is 4. The Morgan fingerprint density at radius 2 is 1.67 bits per heavy atom. The summed E-state index contributed by atoms with van der Waals surface area (Å²) in [5.74, 6) is 2.20. The van der Waals surface area contributed by atoms with Crippen molar-refractivity contribution in [1.29, 1.82) is 0 Å². The number of carbonyl (C=O) groups is 1. The fourth-order valence-electron chi connectivity index (χ4n) is 3.62. The minimum atomic E-state index is -0.346. The molecular formula is C22H21N5O3. The molecule has 8 nitrogen and oxygen atoms in total. The fourth-order valence-corrected chi connectivity index (χ4v) is 3.62. The summed E-state index contributed by atoms with van der Waals surface area (Å²) in [6.45, 7) is 2.26. The minimum Gasteiger partial charge on any atom is -0.454 e. The highest BCUT2D eigenvalue weighted by molar-refractivity contribution is 6.00. The number of hydrogen-bond acceptors (Lipinski definition) is 6. The Morgan fingerprint density at radius 3 is 2.47 bits per heavy atom. The van der Waals surface area contributed by atoms with Crippen molar-refractivity contribution in [1.82, 2.24) is 10.2 Å². The minimum absolute atomic E-state index is 0.194. The van der Waals surface area contributed by atoms with Crippen LogP contribution >= 0.6 is 0 Å². The first-order chi connectivity index (χ1) is 14.7. The Morgan fingerprint density at radius 1 is 0.867 bits per heavy atom. The summed E-state index contributed by atoms with van der Waals surface area (Å²) in [7, 11) is 0. The van der Waals surface area contributed by atoms with Gasteiger partial charge in [-0.25, -0.2) is 4.79 Å². The van der Waals surface area contributed by atoms with Crippen LogP contribution in [-0.4, -0.2) is 36.1 Å². The number of anilines is 3. The second kappa shape index (κ2) is 7.90. The van der Waals surface area contributed by atoms with Gasteiger partial charge in [-0.05, 0) is 49.2 Å². The van der Waals surface area contributed by atoms with E-state index in [2.05, 4.69) is 25.7 Å². The normalized spacial score (nSPS) is 14.6. The summed E-state index contributed by atoms with van der Waals surface area (Å²) in [6.07, 6.45) is 2.40. The largest absolute Gasteiger partial charge is 0.454 e. The van der Waals surface area contributed by atoms with Gasteiger partial charge in [-0.3, -0.25) is 0 Å². The molecule has 152 valence electrons. The molecule has 30 heavy (non-hydrogen) atoms. The van der Waals surface area contributed by atoms with Gasteiger partial charge in [0, 0.05) is 36.1 Å². The monoisotopic (exact) mass is 403 g/mol. The first-order valence-corrected chi connectivity index (χ1v) is 9.91. The van der Waals surface area contributed by atoms with Gasteiger partial charge in [-0.15, -0.1) is 10.2 Å². The topological polar surface area (TPSA) is 88.6 Å². The molecule has 1 fully saturated rings. The number of aromatic nitrogens is 2. The Balaban J connectivity index is 1.26. The van der Waals surface area contributed by atoms with Gasteiger partial charge in [-0.1, -0.05) is 12.1 Å². The van der Waals surface area contributed by atoms with Crippen molar-refractivity contribution in [3.63, 3.8) is 0 Å². The quantitative estimate of drug-likeness (QED) is 0.681. The molecule has 2 aliphatic heterocycles. The molecular weight excluding hydrogens is 382 g/mol. The summed E-state index contributed by atoms with van der Waals surface area (Å²) in [5.41, 5.74) is 2.93. The van der Waals surface area contributed by atoms with Gasteiger partial charge in [0.15, 0.2) is 17.3 Å². The molecule has 3 aromatic rings. The first kappa shape index (κ1) is 18.2. The summed E-state index contributed by atoms with van der Waals surface area (Å²) in [6, 6.07) is 16.4. The third kappa shape index (κ3) is 3.84. The van der Waals surface area contributed by atoms with Crippen LogP contribution in [0, 0.1) is 0 Å². The zero-order valence-corrected chi connectivity index (χ0v) is 16.3. The zero-order chi connectivity index (χ0) is 20.3. The lowest BCUT2D eigenvalue weighted by molar-refractivity contribution is 0.174. The molecule has 0 bridgehead atoms. The van der Waals surface area contributed by atoms with E-state index in [1.165, 1.54) is 12.8 Å². The van der Waals surface area contributed by atoms with Crippen LogP contribution in [0.2, 0.25) is 0 Å². The third-order valence-electron chi connectivity index (χ3n) is 5.13. The number of fused-ring (bicyclic) bond motifs is 1. The van der Waals surface area contributed by atoms with Crippen molar-refractivity contribution in [3.8, 4) is 22.8 Å². The van der Waals surface area contributed by atoms with Crippen LogP contribution in [0.4, 0.5) is 22.0 Å². The van der Waals surface area contributed by atoms with Gasteiger partial charge < -0.3 is 25.0 Å². The molecule has 0 spiro atoms. The van der Waals surface area contributed by atoms with Crippen LogP contribution in [0.5, 0.6) is 11.5 Å². The Bertz CT molecular complexity index is 1060. The van der Waals surface area contributed by atoms with Crippen LogP contribution in [0.1, 0.15) is 12.8 Å². The molecule has 1 saturated heterocycles. The molecule has 0 aliphatic carbocycles. The van der Waals surface area contributed by atoms with E-state index in [0.717, 1.165) is 30.2 Å². The lowest BCUT2D eigenvalue weighted by atomic mass is 10.1. The molecule has 0 atom stereocenters. The molecule has 5 rings (SSSR count). The molecule has 0 radical (unpaired) electrons. The summed E-state index contributed by atoms with van der Waals surface area (Å²) < 4.78 is 10.6. The molecule has 2 aliphatic rings. The van der Waals surface area contributed by atoms with Gasteiger partial charge in [0.05, 0.1) is 5.69 Å². The van der Waals surface area contributed by atoms with E-state index in [1.807, 2.05) is 36.4 Å². The smallest absolute Gasteiger partial charge is 0.323 e. The third-order valence-corrected chi connectivity index (χ3v) is 5.13. The molecule has 2 N–H and O–H groups in total. The van der Waals surface area contributed by atoms with E-state index in [1.54, 1.807) is 18.2 Å². The van der Waals surface area contributed by atoms with E-state index in [0.29, 0.717) is 22.9 Å². The molecule has 1 aromatic heterocycles. The maximum absolute atomic E-state index is 12.4. The molecule has 0 unspecified atom stereocenters. The Kier molecular flexibility index (Phi) is 4.80. The van der Waals surface area contributed by atoms with Crippen molar-refractivity contribution in [2.24, 2.45) is 0 Å². The van der Waals surface area contributed by atoms with Crippen LogP contribution in [0.25, 0.3) is 11.3 Å². The fraction of sp³-hybridized carbons (Fsp3) is 0.227. The zero-order valence-electron chi connectivity index (χ0n) is 16.3. The second-order valence-corrected chi connectivity index (χ2v) is 7.20. The number of nitrogens with one attached hydrogen (secondary N) is 2. The average Bonchev–Trinajstić information content (AvgIpc) is 3.46. The van der Waals surface area contributed by atoms with E-state index >= 15 is 0 Å². The van der Waals surface area contributed by atoms with Crippen LogP contribution in [-0.2, 0) is 0 Å². The summed E-state index contributed by atoms with van der Waals surface area (Å²) >= 11 is 0. The Hall–Kier alpha value is -3.81. The van der Waals surface area contributed by atoms with Gasteiger partial charge in [0.25, 0.3) is 0 Å². The molecule has 8 heteroatoms. The lowest BCUT2D eigenvalue weighted by Gasteiger charge is -2.15. The van der Waals surface area contributed by atoms with Crippen LogP contribution in [0.15, 0.2) is 54.6 Å². The predicted molar refractivity (Wildman–Crippen MR) is 114 cm³/mol. The van der Waals surface area contributed by atoms with Crippen molar-refractivity contribution >= 4 is 23.2 Å². The number of nitrogens with zero attached hydrogens (tertiary/aromatic N) is 3. The Labute approximate surface area is 173 Å². The van der Waals surface area contributed by atoms with Crippen molar-refractivity contribution in [3.05, 3.63) is 54.6 Å². The molecule has 2 aromatic carbocycles. The lowest BCUT2D eigenvalue weighted by Crippen LogP contribution is -2.19. The maximum Gasteiger partial charge on any atom is 0.323 e. The molecule has 0 saturated carbocycles. The first-order valence-electron chi connectivity index (χ1n) is 9.91. The van der Waals surface area contributed by atoms with Gasteiger partial charge in [-0.2, -0.15) is 0 Å². The van der Waals surface area contributed by atoms with Crippen molar-refractivity contribution in [2.75, 3.05) is 35.4 Å². The average molecular weight is 403 g/mol. The van der Waals surface area contributed by atoms with Crippen LogP contribution in [0.3, 0.4) is 0 Å². The molecule has 2 amide bonds. The van der Waals surface area contributed by atoms with Gasteiger partial charge >= 0.3 is 6.03 Å². The number of benzene rings is 2. The van der Waals surface area contributed by atoms with Gasteiger partial charge in [0.1, 0.15) is 0 Å². The number of hydrogen-bond donors (Lipinski definition) is 2. The van der Waals surface area contributed by atoms with E-state index in [4.69, 9.17) is 9.47 Å². The van der Waals surface area contributed by atoms with E-state index < -0.39 is 0 Å². The van der Waals surface area contributed by atoms with E-state index in [9.17, 15) is 4.79 Å². The SMILES string of the molecule is O=C(Nc1cccc(-c2ccc(N3CCCC3)nn2)c1)Nc1ccc2c(c1)OCO2. The highest BCUT2D eigenvalue weighted by atomic mass is 16.7. The second-order valence-electron chi connectivity index (χ2n) is 7.20. The van der Waals surface area contributed by atoms with Crippen molar-refractivity contribution < 1.29 is 14.3 Å². The number of amides is 2. The number of carbonyl (C=O) groups excluding carboxylic acids is 1. The predicted octanol–water partition coefficient (Wildman–Crippen LogP) is 4.12. The highest BCUT2D eigenvalue weighted by Gasteiger charge is 2.15. The maximum atomic E-state index is 12.4.